The monoisotopic (exact) mass is 260 g/mol. The molecule has 0 aliphatic carbocycles. The molecule has 0 saturated carbocycles. The lowest BCUT2D eigenvalue weighted by Gasteiger charge is -2.23. The van der Waals surface area contributed by atoms with E-state index >= 15 is 0 Å². The number of ether oxygens (including phenoxy) is 2. The van der Waals surface area contributed by atoms with E-state index < -0.39 is 12.4 Å². The molecule has 19 heavy (non-hydrogen) atoms. The van der Waals surface area contributed by atoms with E-state index in [0.29, 0.717) is 13.2 Å². The van der Waals surface area contributed by atoms with Gasteiger partial charge in [0, 0.05) is 13.2 Å². The second-order valence-electron chi connectivity index (χ2n) is 4.33. The fourth-order valence-corrected chi connectivity index (χ4v) is 2.11. The molecule has 1 unspecified atom stereocenters. The van der Waals surface area contributed by atoms with Gasteiger partial charge >= 0.3 is 0 Å². The topological polar surface area (TPSA) is 38.7 Å². The highest BCUT2D eigenvalue weighted by Gasteiger charge is 2.21. The summed E-state index contributed by atoms with van der Waals surface area (Å²) in [5, 5.41) is 12.6. The van der Waals surface area contributed by atoms with E-state index in [9.17, 15) is 5.11 Å². The SMILES string of the molecule is CCOC(OCC)C(O)c1ccc2ccccc2c1. The third kappa shape index (κ3) is 3.32. The molecule has 2 aromatic rings. The molecule has 3 nitrogen and oxygen atoms in total. The van der Waals surface area contributed by atoms with Gasteiger partial charge in [0.05, 0.1) is 0 Å². The molecule has 3 heteroatoms. The normalized spacial score (nSPS) is 13.1. The van der Waals surface area contributed by atoms with Crippen LogP contribution in [0, 0.1) is 0 Å². The van der Waals surface area contributed by atoms with E-state index in [1.807, 2.05) is 56.3 Å². The van der Waals surface area contributed by atoms with Crippen LogP contribution in [0.5, 0.6) is 0 Å². The van der Waals surface area contributed by atoms with Crippen LogP contribution in [0.15, 0.2) is 42.5 Å². The van der Waals surface area contributed by atoms with E-state index in [2.05, 4.69) is 0 Å². The summed E-state index contributed by atoms with van der Waals surface area (Å²) in [6.07, 6.45) is -1.39. The summed E-state index contributed by atoms with van der Waals surface area (Å²) in [6, 6.07) is 14.0. The first-order valence-corrected chi connectivity index (χ1v) is 6.66. The second kappa shape index (κ2) is 6.66. The van der Waals surface area contributed by atoms with Gasteiger partial charge in [-0.1, -0.05) is 36.4 Å². The van der Waals surface area contributed by atoms with Crippen molar-refractivity contribution in [1.29, 1.82) is 0 Å². The Kier molecular flexibility index (Phi) is 4.91. The van der Waals surface area contributed by atoms with Crippen molar-refractivity contribution in [2.75, 3.05) is 13.2 Å². The maximum atomic E-state index is 10.4. The first kappa shape index (κ1) is 14.0. The average Bonchev–Trinajstić information content (AvgIpc) is 2.46. The Morgan fingerprint density at radius 1 is 0.947 bits per heavy atom. The zero-order valence-corrected chi connectivity index (χ0v) is 11.4. The number of rotatable bonds is 6. The Hall–Kier alpha value is -1.42. The van der Waals surface area contributed by atoms with Gasteiger partial charge in [-0.25, -0.2) is 0 Å². The average molecular weight is 260 g/mol. The fraction of sp³-hybridized carbons (Fsp3) is 0.375. The molecule has 2 rings (SSSR count). The van der Waals surface area contributed by atoms with E-state index in [4.69, 9.17) is 9.47 Å². The van der Waals surface area contributed by atoms with Crippen molar-refractivity contribution >= 4 is 10.8 Å². The predicted octanol–water partition coefficient (Wildman–Crippen LogP) is 3.27. The van der Waals surface area contributed by atoms with Crippen molar-refractivity contribution in [3.05, 3.63) is 48.0 Å². The number of benzene rings is 2. The number of aliphatic hydroxyl groups is 1. The van der Waals surface area contributed by atoms with E-state index in [1.165, 1.54) is 0 Å². The van der Waals surface area contributed by atoms with Crippen molar-refractivity contribution in [1.82, 2.24) is 0 Å². The minimum absolute atomic E-state index is 0.509. The highest BCUT2D eigenvalue weighted by atomic mass is 16.7. The number of hydrogen-bond donors (Lipinski definition) is 1. The van der Waals surface area contributed by atoms with Crippen molar-refractivity contribution in [2.45, 2.75) is 26.2 Å². The molecule has 0 fully saturated rings. The molecule has 0 spiro atoms. The Morgan fingerprint density at radius 3 is 2.21 bits per heavy atom. The summed E-state index contributed by atoms with van der Waals surface area (Å²) >= 11 is 0. The smallest absolute Gasteiger partial charge is 0.187 e. The lowest BCUT2D eigenvalue weighted by Crippen LogP contribution is -2.25. The summed E-state index contributed by atoms with van der Waals surface area (Å²) in [6.45, 7) is 4.79. The Balaban J connectivity index is 2.26. The summed E-state index contributed by atoms with van der Waals surface area (Å²) < 4.78 is 10.9. The molecule has 1 N–H and O–H groups in total. The van der Waals surface area contributed by atoms with Gasteiger partial charge in [-0.15, -0.1) is 0 Å². The van der Waals surface area contributed by atoms with Crippen LogP contribution in [-0.2, 0) is 9.47 Å². The van der Waals surface area contributed by atoms with Gasteiger partial charge in [-0.2, -0.15) is 0 Å². The van der Waals surface area contributed by atoms with Crippen LogP contribution in [0.3, 0.4) is 0 Å². The third-order valence-corrected chi connectivity index (χ3v) is 3.03. The fourth-order valence-electron chi connectivity index (χ4n) is 2.11. The standard InChI is InChI=1S/C16H20O3/c1-3-18-16(19-4-2)15(17)14-10-9-12-7-5-6-8-13(12)11-14/h5-11,15-17H,3-4H2,1-2H3. The van der Waals surface area contributed by atoms with Crippen molar-refractivity contribution in [3.63, 3.8) is 0 Å². The molecule has 0 amide bonds. The van der Waals surface area contributed by atoms with Gasteiger partial charge in [0.1, 0.15) is 6.10 Å². The summed E-state index contributed by atoms with van der Waals surface area (Å²) in [5.41, 5.74) is 0.811. The highest BCUT2D eigenvalue weighted by molar-refractivity contribution is 5.83. The van der Waals surface area contributed by atoms with Crippen LogP contribution >= 0.6 is 0 Å². The van der Waals surface area contributed by atoms with Gasteiger partial charge in [0.15, 0.2) is 6.29 Å². The lowest BCUT2D eigenvalue weighted by molar-refractivity contribution is -0.191. The molecule has 0 aliphatic heterocycles. The molecular weight excluding hydrogens is 240 g/mol. The van der Waals surface area contributed by atoms with Crippen LogP contribution in [-0.4, -0.2) is 24.6 Å². The maximum absolute atomic E-state index is 10.4. The van der Waals surface area contributed by atoms with Crippen LogP contribution in [0.25, 0.3) is 10.8 Å². The molecule has 0 bridgehead atoms. The molecule has 0 radical (unpaired) electrons. The van der Waals surface area contributed by atoms with Gasteiger partial charge < -0.3 is 14.6 Å². The van der Waals surface area contributed by atoms with E-state index in [1.54, 1.807) is 0 Å². The van der Waals surface area contributed by atoms with Gasteiger partial charge in [0.2, 0.25) is 0 Å². The molecule has 0 heterocycles. The highest BCUT2D eigenvalue weighted by Crippen LogP contribution is 2.24. The van der Waals surface area contributed by atoms with Crippen molar-refractivity contribution < 1.29 is 14.6 Å². The van der Waals surface area contributed by atoms with Crippen LogP contribution in [0.2, 0.25) is 0 Å². The molecule has 102 valence electrons. The zero-order chi connectivity index (χ0) is 13.7. The van der Waals surface area contributed by atoms with E-state index in [-0.39, 0.29) is 0 Å². The summed E-state index contributed by atoms with van der Waals surface area (Å²) in [5.74, 6) is 0. The maximum Gasteiger partial charge on any atom is 0.187 e. The van der Waals surface area contributed by atoms with Crippen molar-refractivity contribution in [2.24, 2.45) is 0 Å². The van der Waals surface area contributed by atoms with Gasteiger partial charge in [-0.3, -0.25) is 0 Å². The van der Waals surface area contributed by atoms with Crippen LogP contribution in [0.1, 0.15) is 25.5 Å². The lowest BCUT2D eigenvalue weighted by atomic mass is 10.0. The third-order valence-electron chi connectivity index (χ3n) is 3.03. The van der Waals surface area contributed by atoms with E-state index in [0.717, 1.165) is 16.3 Å². The summed E-state index contributed by atoms with van der Waals surface area (Å²) in [4.78, 5) is 0. The predicted molar refractivity (Wildman–Crippen MR) is 75.9 cm³/mol. The van der Waals surface area contributed by atoms with Crippen LogP contribution in [0.4, 0.5) is 0 Å². The molecule has 0 saturated heterocycles. The zero-order valence-electron chi connectivity index (χ0n) is 11.4. The molecular formula is C16H20O3. The number of fused-ring (bicyclic) bond motifs is 1. The van der Waals surface area contributed by atoms with Crippen molar-refractivity contribution in [3.8, 4) is 0 Å². The quantitative estimate of drug-likeness (QED) is 0.810. The minimum Gasteiger partial charge on any atom is -0.383 e. The first-order chi connectivity index (χ1) is 9.26. The second-order valence-corrected chi connectivity index (χ2v) is 4.33. The largest absolute Gasteiger partial charge is 0.383 e. The van der Waals surface area contributed by atoms with Gasteiger partial charge in [0.25, 0.3) is 0 Å². The summed E-state index contributed by atoms with van der Waals surface area (Å²) in [7, 11) is 0. The number of aliphatic hydroxyl groups excluding tert-OH is 1. The molecule has 1 atom stereocenters. The first-order valence-electron chi connectivity index (χ1n) is 6.66. The number of hydrogen-bond acceptors (Lipinski definition) is 3. The van der Waals surface area contributed by atoms with Gasteiger partial charge in [-0.05, 0) is 36.2 Å². The Bertz CT molecular complexity index is 518. The Labute approximate surface area is 113 Å². The minimum atomic E-state index is -0.774. The molecule has 0 aromatic heterocycles. The Morgan fingerprint density at radius 2 is 1.58 bits per heavy atom. The molecule has 2 aromatic carbocycles. The van der Waals surface area contributed by atoms with Crippen LogP contribution < -0.4 is 0 Å². The molecule has 0 aliphatic rings.